The van der Waals surface area contributed by atoms with Crippen molar-refractivity contribution in [2.75, 3.05) is 4.90 Å². The molecule has 0 atom stereocenters. The highest BCUT2D eigenvalue weighted by atomic mass is 32.1. The Morgan fingerprint density at radius 1 is 1.40 bits per heavy atom. The Hall–Kier alpha value is -0.960. The largest absolute Gasteiger partial charge is 0.331 e. The molecule has 0 aliphatic carbocycles. The Kier molecular flexibility index (Phi) is 2.51. The molecule has 0 fully saturated rings. The van der Waals surface area contributed by atoms with Gasteiger partial charge in [0.15, 0.2) is 0 Å². The lowest BCUT2D eigenvalue weighted by Gasteiger charge is -2.24. The number of thiocarbonyl (C=S) groups is 1. The summed E-state index contributed by atoms with van der Waals surface area (Å²) in [6.07, 6.45) is 0.694. The summed E-state index contributed by atoms with van der Waals surface area (Å²) in [4.78, 5) is 2.75. The molecular formula is C12H14FNS. The molecule has 0 bridgehead atoms. The Labute approximate surface area is 94.9 Å². The highest BCUT2D eigenvalue weighted by Crippen LogP contribution is 2.35. The molecule has 0 spiro atoms. The first-order valence-electron chi connectivity index (χ1n) is 5.12. The van der Waals surface area contributed by atoms with Crippen molar-refractivity contribution < 1.29 is 4.39 Å². The van der Waals surface area contributed by atoms with Crippen LogP contribution in [0, 0.1) is 12.7 Å². The fraction of sp³-hybridized carbons (Fsp3) is 0.417. The molecule has 2 rings (SSSR count). The van der Waals surface area contributed by atoms with Gasteiger partial charge >= 0.3 is 0 Å². The van der Waals surface area contributed by atoms with E-state index in [0.717, 1.165) is 10.6 Å². The zero-order valence-corrected chi connectivity index (χ0v) is 9.99. The molecule has 0 radical (unpaired) electrons. The molecule has 0 N–H and O–H groups in total. The van der Waals surface area contributed by atoms with Gasteiger partial charge in [-0.05, 0) is 31.9 Å². The molecule has 80 valence electrons. The third kappa shape index (κ3) is 1.55. The first kappa shape index (κ1) is 10.6. The summed E-state index contributed by atoms with van der Waals surface area (Å²) in [6.45, 7) is 5.85. The summed E-state index contributed by atoms with van der Waals surface area (Å²) >= 11 is 5.28. The SMILES string of the molecule is Cc1ccc2c(c1F)N(C(C)C)C(=S)C2. The van der Waals surface area contributed by atoms with E-state index in [9.17, 15) is 4.39 Å². The van der Waals surface area contributed by atoms with Crippen molar-refractivity contribution in [3.8, 4) is 0 Å². The molecule has 0 unspecified atom stereocenters. The lowest BCUT2D eigenvalue weighted by atomic mass is 10.1. The van der Waals surface area contributed by atoms with Crippen molar-refractivity contribution in [3.63, 3.8) is 0 Å². The molecule has 0 amide bonds. The van der Waals surface area contributed by atoms with Gasteiger partial charge in [0.1, 0.15) is 5.82 Å². The minimum atomic E-state index is -0.124. The van der Waals surface area contributed by atoms with Crippen LogP contribution in [0.1, 0.15) is 25.0 Å². The van der Waals surface area contributed by atoms with Crippen LogP contribution in [0.2, 0.25) is 0 Å². The van der Waals surface area contributed by atoms with Crippen LogP contribution in [0.5, 0.6) is 0 Å². The maximum Gasteiger partial charge on any atom is 0.150 e. The van der Waals surface area contributed by atoms with E-state index in [1.807, 2.05) is 30.9 Å². The predicted molar refractivity (Wildman–Crippen MR) is 65.1 cm³/mol. The number of hydrogen-bond donors (Lipinski definition) is 0. The summed E-state index contributed by atoms with van der Waals surface area (Å²) in [7, 11) is 0. The standard InChI is InChI=1S/C12H14FNS/c1-7(2)14-10(15)6-9-5-4-8(3)11(13)12(9)14/h4-5,7H,6H2,1-3H3. The Balaban J connectivity index is 2.60. The van der Waals surface area contributed by atoms with E-state index in [1.165, 1.54) is 0 Å². The van der Waals surface area contributed by atoms with Gasteiger partial charge in [-0.15, -0.1) is 0 Å². The topological polar surface area (TPSA) is 3.24 Å². The number of hydrogen-bond acceptors (Lipinski definition) is 1. The van der Waals surface area contributed by atoms with E-state index in [-0.39, 0.29) is 11.9 Å². The fourth-order valence-electron chi connectivity index (χ4n) is 2.03. The Morgan fingerprint density at radius 3 is 2.67 bits per heavy atom. The molecule has 1 nitrogen and oxygen atoms in total. The number of fused-ring (bicyclic) bond motifs is 1. The third-order valence-corrected chi connectivity index (χ3v) is 3.10. The van der Waals surface area contributed by atoms with Gasteiger partial charge in [0.25, 0.3) is 0 Å². The first-order valence-corrected chi connectivity index (χ1v) is 5.53. The maximum absolute atomic E-state index is 14.0. The predicted octanol–water partition coefficient (Wildman–Crippen LogP) is 3.23. The summed E-state index contributed by atoms with van der Waals surface area (Å²) in [5.41, 5.74) is 2.39. The van der Waals surface area contributed by atoms with E-state index in [0.29, 0.717) is 17.7 Å². The van der Waals surface area contributed by atoms with Crippen molar-refractivity contribution in [1.29, 1.82) is 0 Å². The molecule has 3 heteroatoms. The fourth-order valence-corrected chi connectivity index (χ4v) is 2.49. The van der Waals surface area contributed by atoms with Crippen LogP contribution in [0.4, 0.5) is 10.1 Å². The lowest BCUT2D eigenvalue weighted by molar-refractivity contribution is 0.613. The van der Waals surface area contributed by atoms with Gasteiger partial charge in [-0.25, -0.2) is 4.39 Å². The average Bonchev–Trinajstić information content (AvgIpc) is 2.49. The van der Waals surface area contributed by atoms with Gasteiger partial charge in [-0.3, -0.25) is 0 Å². The van der Waals surface area contributed by atoms with E-state index >= 15 is 0 Å². The summed E-state index contributed by atoms with van der Waals surface area (Å²) < 4.78 is 14.0. The maximum atomic E-state index is 14.0. The van der Waals surface area contributed by atoms with E-state index in [2.05, 4.69) is 0 Å². The summed E-state index contributed by atoms with van der Waals surface area (Å²) in [5.74, 6) is -0.124. The second kappa shape index (κ2) is 3.56. The zero-order chi connectivity index (χ0) is 11.2. The van der Waals surface area contributed by atoms with Crippen LogP contribution in [-0.4, -0.2) is 11.0 Å². The van der Waals surface area contributed by atoms with Gasteiger partial charge in [-0.1, -0.05) is 24.4 Å². The Morgan fingerprint density at radius 2 is 2.07 bits per heavy atom. The van der Waals surface area contributed by atoms with Gasteiger partial charge < -0.3 is 4.90 Å². The van der Waals surface area contributed by atoms with Crippen LogP contribution >= 0.6 is 12.2 Å². The molecule has 0 aromatic heterocycles. The zero-order valence-electron chi connectivity index (χ0n) is 9.17. The van der Waals surface area contributed by atoms with Crippen LogP contribution in [-0.2, 0) is 6.42 Å². The van der Waals surface area contributed by atoms with Crippen molar-refractivity contribution in [1.82, 2.24) is 0 Å². The normalized spacial score (nSPS) is 15.0. The summed E-state index contributed by atoms with van der Waals surface area (Å²) in [5, 5.41) is 0. The minimum Gasteiger partial charge on any atom is -0.331 e. The van der Waals surface area contributed by atoms with E-state index < -0.39 is 0 Å². The van der Waals surface area contributed by atoms with Crippen molar-refractivity contribution in [2.45, 2.75) is 33.2 Å². The second-order valence-electron chi connectivity index (χ2n) is 4.24. The number of nitrogens with zero attached hydrogens (tertiary/aromatic N) is 1. The second-order valence-corrected chi connectivity index (χ2v) is 4.71. The lowest BCUT2D eigenvalue weighted by Crippen LogP contribution is -2.33. The van der Waals surface area contributed by atoms with Crippen molar-refractivity contribution in [3.05, 3.63) is 29.1 Å². The van der Waals surface area contributed by atoms with Crippen molar-refractivity contribution in [2.24, 2.45) is 0 Å². The highest BCUT2D eigenvalue weighted by molar-refractivity contribution is 7.80. The average molecular weight is 223 g/mol. The molecule has 15 heavy (non-hydrogen) atoms. The molecule has 1 aromatic rings. The van der Waals surface area contributed by atoms with Gasteiger partial charge in [-0.2, -0.15) is 0 Å². The number of halogens is 1. The summed E-state index contributed by atoms with van der Waals surface area (Å²) in [6, 6.07) is 4.01. The third-order valence-electron chi connectivity index (χ3n) is 2.76. The quantitative estimate of drug-likeness (QED) is 0.672. The van der Waals surface area contributed by atoms with Crippen LogP contribution in [0.15, 0.2) is 12.1 Å². The van der Waals surface area contributed by atoms with Crippen molar-refractivity contribution >= 4 is 22.9 Å². The monoisotopic (exact) mass is 223 g/mol. The molecule has 0 saturated heterocycles. The molecule has 1 aliphatic rings. The van der Waals surface area contributed by atoms with Gasteiger partial charge in [0.2, 0.25) is 0 Å². The van der Waals surface area contributed by atoms with Gasteiger partial charge in [0, 0.05) is 12.5 Å². The number of rotatable bonds is 1. The smallest absolute Gasteiger partial charge is 0.150 e. The van der Waals surface area contributed by atoms with E-state index in [4.69, 9.17) is 12.2 Å². The van der Waals surface area contributed by atoms with Crippen LogP contribution in [0.3, 0.4) is 0 Å². The van der Waals surface area contributed by atoms with Crippen LogP contribution < -0.4 is 4.90 Å². The van der Waals surface area contributed by atoms with E-state index in [1.54, 1.807) is 6.92 Å². The molecule has 1 heterocycles. The minimum absolute atomic E-state index is 0.124. The number of benzene rings is 1. The molecule has 1 aliphatic heterocycles. The highest BCUT2D eigenvalue weighted by Gasteiger charge is 2.29. The molecule has 0 saturated carbocycles. The number of aryl methyl sites for hydroxylation is 1. The molecule has 1 aromatic carbocycles. The number of anilines is 1. The first-order chi connectivity index (χ1) is 7.02. The molecular weight excluding hydrogens is 209 g/mol. The Bertz CT molecular complexity index is 426. The van der Waals surface area contributed by atoms with Gasteiger partial charge in [0.05, 0.1) is 10.7 Å². The van der Waals surface area contributed by atoms with Crippen LogP contribution in [0.25, 0.3) is 0 Å².